The molecular formula is C21H25N3O3. The molecule has 142 valence electrons. The lowest BCUT2D eigenvalue weighted by Gasteiger charge is -2.35. The number of amides is 2. The normalized spacial score (nSPS) is 18.1. The average Bonchev–Trinajstić information content (AvgIpc) is 3.24. The average molecular weight is 367 g/mol. The van der Waals surface area contributed by atoms with Crippen molar-refractivity contribution in [1.29, 1.82) is 0 Å². The van der Waals surface area contributed by atoms with Crippen LogP contribution in [0.4, 0.5) is 5.69 Å². The van der Waals surface area contributed by atoms with Crippen molar-refractivity contribution in [2.45, 2.75) is 31.7 Å². The van der Waals surface area contributed by atoms with Gasteiger partial charge in [-0.15, -0.1) is 0 Å². The second-order valence-corrected chi connectivity index (χ2v) is 7.28. The second kappa shape index (κ2) is 7.96. The van der Waals surface area contributed by atoms with Crippen molar-refractivity contribution in [2.24, 2.45) is 0 Å². The Hall–Kier alpha value is -2.60. The van der Waals surface area contributed by atoms with E-state index in [9.17, 15) is 9.59 Å². The fraction of sp³-hybridized carbons (Fsp3) is 0.429. The summed E-state index contributed by atoms with van der Waals surface area (Å²) in [6.45, 7) is 2.85. The van der Waals surface area contributed by atoms with Gasteiger partial charge in [0.1, 0.15) is 0 Å². The van der Waals surface area contributed by atoms with Crippen LogP contribution >= 0.6 is 0 Å². The number of nitrogens with zero attached hydrogens (tertiary/aromatic N) is 2. The van der Waals surface area contributed by atoms with Crippen molar-refractivity contribution < 1.29 is 14.0 Å². The number of rotatable bonds is 4. The van der Waals surface area contributed by atoms with Crippen LogP contribution in [0.1, 0.15) is 35.4 Å². The van der Waals surface area contributed by atoms with E-state index >= 15 is 0 Å². The molecule has 6 heteroatoms. The lowest BCUT2D eigenvalue weighted by molar-refractivity contribution is -0.120. The summed E-state index contributed by atoms with van der Waals surface area (Å²) < 4.78 is 5.13. The van der Waals surface area contributed by atoms with E-state index in [4.69, 9.17) is 4.42 Å². The van der Waals surface area contributed by atoms with E-state index in [0.717, 1.165) is 51.0 Å². The van der Waals surface area contributed by atoms with E-state index in [2.05, 4.69) is 16.3 Å². The van der Waals surface area contributed by atoms with Crippen molar-refractivity contribution in [1.82, 2.24) is 10.2 Å². The first-order valence-electron chi connectivity index (χ1n) is 9.66. The molecule has 0 radical (unpaired) electrons. The molecule has 1 aromatic heterocycles. The van der Waals surface area contributed by atoms with Crippen LogP contribution < -0.4 is 10.2 Å². The van der Waals surface area contributed by atoms with Gasteiger partial charge in [0.25, 0.3) is 5.91 Å². The lowest BCUT2D eigenvalue weighted by atomic mass is 10.0. The summed E-state index contributed by atoms with van der Waals surface area (Å²) in [4.78, 5) is 29.0. The molecule has 1 fully saturated rings. The van der Waals surface area contributed by atoms with Crippen molar-refractivity contribution in [2.75, 3.05) is 31.1 Å². The van der Waals surface area contributed by atoms with Gasteiger partial charge in [-0.1, -0.05) is 18.2 Å². The van der Waals surface area contributed by atoms with Gasteiger partial charge in [-0.3, -0.25) is 14.5 Å². The standard InChI is InChI=1S/C21H25N3O3/c25-20(24-11-3-6-16-5-1-2-7-18(16)24)15-23-12-9-17(10-13-23)22-21(26)19-8-4-14-27-19/h1-2,4-5,7-8,14,17H,3,6,9-13,15H2,(H,22,26). The van der Waals surface area contributed by atoms with E-state index in [0.29, 0.717) is 12.3 Å². The molecule has 6 nitrogen and oxygen atoms in total. The fourth-order valence-electron chi connectivity index (χ4n) is 3.97. The third kappa shape index (κ3) is 4.06. The van der Waals surface area contributed by atoms with Crippen molar-refractivity contribution in [3.63, 3.8) is 0 Å². The first kappa shape index (κ1) is 17.8. The van der Waals surface area contributed by atoms with Crippen LogP contribution in [-0.2, 0) is 11.2 Å². The Morgan fingerprint density at radius 3 is 2.67 bits per heavy atom. The van der Waals surface area contributed by atoms with Crippen molar-refractivity contribution in [3.05, 3.63) is 54.0 Å². The zero-order chi connectivity index (χ0) is 18.6. The largest absolute Gasteiger partial charge is 0.459 e. The number of aryl methyl sites for hydroxylation is 1. The molecule has 0 unspecified atom stereocenters. The van der Waals surface area contributed by atoms with Crippen LogP contribution in [0.5, 0.6) is 0 Å². The van der Waals surface area contributed by atoms with Crippen LogP contribution in [0, 0.1) is 0 Å². The second-order valence-electron chi connectivity index (χ2n) is 7.28. The number of piperidine rings is 1. The van der Waals surface area contributed by atoms with Gasteiger partial charge in [0.15, 0.2) is 5.76 Å². The number of carbonyl (C=O) groups excluding carboxylic acids is 2. The molecule has 4 rings (SSSR count). The molecule has 1 saturated heterocycles. The Morgan fingerprint density at radius 1 is 1.07 bits per heavy atom. The predicted octanol–water partition coefficient (Wildman–Crippen LogP) is 2.45. The summed E-state index contributed by atoms with van der Waals surface area (Å²) >= 11 is 0. The topological polar surface area (TPSA) is 65.8 Å². The maximum atomic E-state index is 12.8. The van der Waals surface area contributed by atoms with E-state index in [1.54, 1.807) is 12.1 Å². The predicted molar refractivity (Wildman–Crippen MR) is 103 cm³/mol. The number of para-hydroxylation sites is 1. The number of carbonyl (C=O) groups is 2. The highest BCUT2D eigenvalue weighted by Crippen LogP contribution is 2.27. The van der Waals surface area contributed by atoms with E-state index in [1.807, 2.05) is 23.1 Å². The SMILES string of the molecule is O=C(NC1CCN(CC(=O)N2CCCc3ccccc32)CC1)c1ccco1. The van der Waals surface area contributed by atoms with Crippen molar-refractivity contribution in [3.8, 4) is 0 Å². The third-order valence-corrected chi connectivity index (χ3v) is 5.44. The number of nitrogens with one attached hydrogen (secondary N) is 1. The Kier molecular flexibility index (Phi) is 5.25. The minimum Gasteiger partial charge on any atom is -0.459 e. The van der Waals surface area contributed by atoms with Gasteiger partial charge in [0, 0.05) is 31.4 Å². The molecule has 1 N–H and O–H groups in total. The zero-order valence-electron chi connectivity index (χ0n) is 15.4. The summed E-state index contributed by atoms with van der Waals surface area (Å²) in [6, 6.07) is 11.7. The molecular weight excluding hydrogens is 342 g/mol. The molecule has 27 heavy (non-hydrogen) atoms. The maximum Gasteiger partial charge on any atom is 0.287 e. The smallest absolute Gasteiger partial charge is 0.287 e. The van der Waals surface area contributed by atoms with Gasteiger partial charge in [-0.05, 0) is 49.4 Å². The molecule has 2 amide bonds. The Balaban J connectivity index is 1.28. The number of likely N-dealkylation sites (tertiary alicyclic amines) is 1. The molecule has 2 aliphatic rings. The molecule has 0 spiro atoms. The van der Waals surface area contributed by atoms with E-state index in [1.165, 1.54) is 11.8 Å². The summed E-state index contributed by atoms with van der Waals surface area (Å²) in [6.07, 6.45) is 5.25. The number of hydrogen-bond acceptors (Lipinski definition) is 4. The van der Waals surface area contributed by atoms with Gasteiger partial charge >= 0.3 is 0 Å². The number of hydrogen-bond donors (Lipinski definition) is 1. The van der Waals surface area contributed by atoms with Gasteiger partial charge in [-0.2, -0.15) is 0 Å². The summed E-state index contributed by atoms with van der Waals surface area (Å²) in [5.41, 5.74) is 2.32. The van der Waals surface area contributed by atoms with Crippen LogP contribution in [0.2, 0.25) is 0 Å². The highest BCUT2D eigenvalue weighted by molar-refractivity contribution is 5.96. The van der Waals surface area contributed by atoms with Crippen LogP contribution in [0.15, 0.2) is 47.1 Å². The molecule has 3 heterocycles. The van der Waals surface area contributed by atoms with Gasteiger partial charge < -0.3 is 14.6 Å². The van der Waals surface area contributed by atoms with Crippen LogP contribution in [0.3, 0.4) is 0 Å². The minimum atomic E-state index is -0.167. The molecule has 0 atom stereocenters. The number of anilines is 1. The monoisotopic (exact) mass is 367 g/mol. The summed E-state index contributed by atoms with van der Waals surface area (Å²) in [5, 5.41) is 3.02. The van der Waals surface area contributed by atoms with E-state index in [-0.39, 0.29) is 17.9 Å². The number of fused-ring (bicyclic) bond motifs is 1. The number of benzene rings is 1. The quantitative estimate of drug-likeness (QED) is 0.902. The van der Waals surface area contributed by atoms with Crippen molar-refractivity contribution >= 4 is 17.5 Å². The maximum absolute atomic E-state index is 12.8. The third-order valence-electron chi connectivity index (χ3n) is 5.44. The summed E-state index contributed by atoms with van der Waals surface area (Å²) in [5.74, 6) is 0.344. The van der Waals surface area contributed by atoms with Gasteiger partial charge in [0.05, 0.1) is 12.8 Å². The molecule has 0 aliphatic carbocycles. The molecule has 1 aromatic carbocycles. The highest BCUT2D eigenvalue weighted by Gasteiger charge is 2.27. The Bertz CT molecular complexity index is 795. The molecule has 2 aromatic rings. The highest BCUT2D eigenvalue weighted by atomic mass is 16.3. The first-order valence-corrected chi connectivity index (χ1v) is 9.66. The number of furan rings is 1. The lowest BCUT2D eigenvalue weighted by Crippen LogP contribution is -2.48. The first-order chi connectivity index (χ1) is 13.2. The minimum absolute atomic E-state index is 0.129. The zero-order valence-corrected chi connectivity index (χ0v) is 15.4. The molecule has 0 bridgehead atoms. The van der Waals surface area contributed by atoms with Gasteiger partial charge in [0.2, 0.25) is 5.91 Å². The van der Waals surface area contributed by atoms with Gasteiger partial charge in [-0.25, -0.2) is 0 Å². The fourth-order valence-corrected chi connectivity index (χ4v) is 3.97. The van der Waals surface area contributed by atoms with E-state index < -0.39 is 0 Å². The Morgan fingerprint density at radius 2 is 1.89 bits per heavy atom. The van der Waals surface area contributed by atoms with Crippen LogP contribution in [-0.4, -0.2) is 48.9 Å². The Labute approximate surface area is 159 Å². The molecule has 2 aliphatic heterocycles. The molecule has 0 saturated carbocycles. The summed E-state index contributed by atoms with van der Waals surface area (Å²) in [7, 11) is 0. The van der Waals surface area contributed by atoms with Crippen LogP contribution in [0.25, 0.3) is 0 Å².